The van der Waals surface area contributed by atoms with Crippen LogP contribution in [0.15, 0.2) is 18.7 Å². The van der Waals surface area contributed by atoms with Gasteiger partial charge in [-0.1, -0.05) is 12.7 Å². The molecule has 1 amide bonds. The molecule has 26 heavy (non-hydrogen) atoms. The summed E-state index contributed by atoms with van der Waals surface area (Å²) >= 11 is 0. The summed E-state index contributed by atoms with van der Waals surface area (Å²) in [6.07, 6.45) is 1.23. The highest BCUT2D eigenvalue weighted by molar-refractivity contribution is 5.81. The summed E-state index contributed by atoms with van der Waals surface area (Å²) in [5.41, 5.74) is 0.945. The fourth-order valence-corrected chi connectivity index (χ4v) is 3.04. The largest absolute Gasteiger partial charge is 0.417 e. The maximum absolute atomic E-state index is 13.2. The van der Waals surface area contributed by atoms with E-state index in [4.69, 9.17) is 0 Å². The second-order valence-electron chi connectivity index (χ2n) is 6.92. The van der Waals surface area contributed by atoms with Crippen molar-refractivity contribution in [1.82, 2.24) is 15.2 Å². The van der Waals surface area contributed by atoms with Crippen LogP contribution < -0.4 is 5.32 Å². The van der Waals surface area contributed by atoms with Gasteiger partial charge in [0, 0.05) is 25.6 Å². The lowest BCUT2D eigenvalue weighted by Crippen LogP contribution is -2.28. The van der Waals surface area contributed by atoms with Crippen LogP contribution in [0.1, 0.15) is 35.4 Å². The van der Waals surface area contributed by atoms with Crippen molar-refractivity contribution in [2.75, 3.05) is 20.1 Å². The molecule has 1 aromatic rings. The zero-order valence-electron chi connectivity index (χ0n) is 14.7. The number of alkyl halides is 3. The predicted molar refractivity (Wildman–Crippen MR) is 94.1 cm³/mol. The Balaban J connectivity index is 1.82. The molecule has 1 aliphatic heterocycles. The predicted octanol–water partition coefficient (Wildman–Crippen LogP) is 3.18. The van der Waals surface area contributed by atoms with E-state index in [-0.39, 0.29) is 17.5 Å². The van der Waals surface area contributed by atoms with E-state index in [2.05, 4.69) is 21.8 Å². The van der Waals surface area contributed by atoms with Gasteiger partial charge in [-0.3, -0.25) is 4.79 Å². The summed E-state index contributed by atoms with van der Waals surface area (Å²) in [5.74, 6) is 0.156. The third-order valence-electron chi connectivity index (χ3n) is 4.68. The molecular weight excluding hydrogens is 343 g/mol. The molecule has 2 aliphatic rings. The standard InChI is InChI=1S/C19H22F3N3O/c1-12(19(20,21)22)17-16-7-9-25(2)11-14(16)10-15(24-17)4-3-8-23-18(26)13-5-6-13/h3-4,10,13H,1,5-9,11H2,2H3,(H,23,26)/b4-3+. The SMILES string of the molecule is C=C(c1nc(/C=C/CNC(=O)C2CC2)cc2c1CCN(C)C2)C(F)(F)F. The number of aromatic nitrogens is 1. The van der Waals surface area contributed by atoms with E-state index in [0.717, 1.165) is 18.4 Å². The Hall–Kier alpha value is -2.15. The number of halogens is 3. The van der Waals surface area contributed by atoms with Crippen LogP contribution in [-0.4, -0.2) is 42.1 Å². The number of nitrogens with one attached hydrogen (secondary N) is 1. The van der Waals surface area contributed by atoms with E-state index < -0.39 is 11.7 Å². The molecule has 4 nitrogen and oxygen atoms in total. The third-order valence-corrected chi connectivity index (χ3v) is 4.68. The molecule has 0 aromatic carbocycles. The number of hydrogen-bond acceptors (Lipinski definition) is 3. The maximum atomic E-state index is 13.2. The van der Waals surface area contributed by atoms with E-state index in [9.17, 15) is 18.0 Å². The van der Waals surface area contributed by atoms with E-state index in [1.807, 2.05) is 13.1 Å². The minimum Gasteiger partial charge on any atom is -0.352 e. The molecule has 0 bridgehead atoms. The number of hydrogen-bond donors (Lipinski definition) is 1. The van der Waals surface area contributed by atoms with Crippen molar-refractivity contribution in [2.45, 2.75) is 32.0 Å². The molecule has 1 aromatic heterocycles. The minimum absolute atomic E-state index is 0.0285. The van der Waals surface area contributed by atoms with E-state index in [1.54, 1.807) is 12.2 Å². The van der Waals surface area contributed by atoms with Gasteiger partial charge in [0.2, 0.25) is 5.91 Å². The lowest BCUT2D eigenvalue weighted by molar-refractivity contribution is -0.122. The normalized spacial score (nSPS) is 18.0. The molecule has 2 heterocycles. The first-order valence-corrected chi connectivity index (χ1v) is 8.67. The average Bonchev–Trinajstić information content (AvgIpc) is 3.41. The topological polar surface area (TPSA) is 45.2 Å². The van der Waals surface area contributed by atoms with Crippen LogP contribution in [-0.2, 0) is 17.8 Å². The highest BCUT2D eigenvalue weighted by Gasteiger charge is 2.36. The highest BCUT2D eigenvalue weighted by Crippen LogP contribution is 2.35. The molecule has 1 aliphatic carbocycles. The van der Waals surface area contributed by atoms with E-state index in [0.29, 0.717) is 37.3 Å². The Morgan fingerprint density at radius 3 is 2.85 bits per heavy atom. The maximum Gasteiger partial charge on any atom is 0.417 e. The lowest BCUT2D eigenvalue weighted by atomic mass is 9.94. The number of amides is 1. The van der Waals surface area contributed by atoms with Crippen molar-refractivity contribution in [3.63, 3.8) is 0 Å². The molecule has 0 atom stereocenters. The second kappa shape index (κ2) is 7.23. The van der Waals surface area contributed by atoms with Crippen molar-refractivity contribution in [3.8, 4) is 0 Å². The number of pyridine rings is 1. The van der Waals surface area contributed by atoms with Gasteiger partial charge in [0.1, 0.15) is 0 Å². The lowest BCUT2D eigenvalue weighted by Gasteiger charge is -2.27. The Bertz CT molecular complexity index is 751. The van der Waals surface area contributed by atoms with Crippen LogP contribution in [0, 0.1) is 5.92 Å². The Kier molecular flexibility index (Phi) is 5.18. The quantitative estimate of drug-likeness (QED) is 0.872. The summed E-state index contributed by atoms with van der Waals surface area (Å²) in [6.45, 7) is 4.83. The van der Waals surface area contributed by atoms with Crippen LogP contribution in [0.4, 0.5) is 13.2 Å². The van der Waals surface area contributed by atoms with Gasteiger partial charge >= 0.3 is 6.18 Å². The van der Waals surface area contributed by atoms with Gasteiger partial charge in [-0.15, -0.1) is 0 Å². The van der Waals surface area contributed by atoms with Crippen molar-refractivity contribution < 1.29 is 18.0 Å². The summed E-state index contributed by atoms with van der Waals surface area (Å²) < 4.78 is 39.5. The molecule has 3 rings (SSSR count). The monoisotopic (exact) mass is 365 g/mol. The molecule has 1 N–H and O–H groups in total. The number of carbonyl (C=O) groups is 1. The van der Waals surface area contributed by atoms with Gasteiger partial charge < -0.3 is 10.2 Å². The van der Waals surface area contributed by atoms with Crippen molar-refractivity contribution in [2.24, 2.45) is 5.92 Å². The zero-order chi connectivity index (χ0) is 18.9. The fourth-order valence-electron chi connectivity index (χ4n) is 3.04. The summed E-state index contributed by atoms with van der Waals surface area (Å²) in [7, 11) is 1.94. The first kappa shape index (κ1) is 18.6. The Labute approximate surface area is 150 Å². The highest BCUT2D eigenvalue weighted by atomic mass is 19.4. The smallest absolute Gasteiger partial charge is 0.352 e. The molecule has 7 heteroatoms. The Morgan fingerprint density at radius 2 is 2.19 bits per heavy atom. The van der Waals surface area contributed by atoms with Gasteiger partial charge in [-0.25, -0.2) is 4.98 Å². The minimum atomic E-state index is -4.51. The van der Waals surface area contributed by atoms with Crippen LogP contribution in [0.25, 0.3) is 11.6 Å². The van der Waals surface area contributed by atoms with Crippen molar-refractivity contribution in [1.29, 1.82) is 0 Å². The average molecular weight is 365 g/mol. The van der Waals surface area contributed by atoms with Crippen molar-refractivity contribution >= 4 is 17.6 Å². The first-order valence-electron chi connectivity index (χ1n) is 8.67. The summed E-state index contributed by atoms with van der Waals surface area (Å²) in [6, 6.07) is 1.82. The number of rotatable bonds is 5. The van der Waals surface area contributed by atoms with Crippen molar-refractivity contribution in [3.05, 3.63) is 41.2 Å². The molecule has 140 valence electrons. The van der Waals surface area contributed by atoms with Gasteiger partial charge in [-0.05, 0) is 49.6 Å². The summed E-state index contributed by atoms with van der Waals surface area (Å²) in [5, 5.41) is 2.79. The zero-order valence-corrected chi connectivity index (χ0v) is 14.7. The molecule has 1 fully saturated rings. The third kappa shape index (κ3) is 4.33. The number of nitrogens with zero attached hydrogens (tertiary/aromatic N) is 2. The molecule has 0 unspecified atom stereocenters. The molecular formula is C19H22F3N3O. The van der Waals surface area contributed by atoms with Gasteiger partial charge in [-0.2, -0.15) is 13.2 Å². The molecule has 0 radical (unpaired) electrons. The first-order chi connectivity index (χ1) is 12.3. The summed E-state index contributed by atoms with van der Waals surface area (Å²) in [4.78, 5) is 17.9. The van der Waals surface area contributed by atoms with Crippen LogP contribution >= 0.6 is 0 Å². The van der Waals surface area contributed by atoms with Gasteiger partial charge in [0.25, 0.3) is 0 Å². The molecule has 0 saturated heterocycles. The van der Waals surface area contributed by atoms with E-state index in [1.165, 1.54) is 0 Å². The van der Waals surface area contributed by atoms with Gasteiger partial charge in [0.15, 0.2) is 0 Å². The van der Waals surface area contributed by atoms with Gasteiger partial charge in [0.05, 0.1) is 17.0 Å². The molecule has 0 spiro atoms. The number of likely N-dealkylation sites (N-methyl/N-ethyl adjacent to an activating group) is 1. The Morgan fingerprint density at radius 1 is 1.46 bits per heavy atom. The fraction of sp³-hybridized carbons (Fsp3) is 0.474. The van der Waals surface area contributed by atoms with E-state index >= 15 is 0 Å². The second-order valence-corrected chi connectivity index (χ2v) is 6.92. The number of carbonyl (C=O) groups excluding carboxylic acids is 1. The van der Waals surface area contributed by atoms with Crippen LogP contribution in [0.3, 0.4) is 0 Å². The van der Waals surface area contributed by atoms with Crippen LogP contribution in [0.5, 0.6) is 0 Å². The number of allylic oxidation sites excluding steroid dienone is 1. The van der Waals surface area contributed by atoms with Crippen LogP contribution in [0.2, 0.25) is 0 Å². The number of fused-ring (bicyclic) bond motifs is 1. The molecule has 1 saturated carbocycles.